The van der Waals surface area contributed by atoms with Crippen LogP contribution in [0.5, 0.6) is 5.75 Å². The molecule has 5 rings (SSSR count). The molecule has 1 N–H and O–H groups in total. The minimum Gasteiger partial charge on any atom is -0.497 e. The Morgan fingerprint density at radius 1 is 1.22 bits per heavy atom. The number of fused-ring (bicyclic) bond motifs is 3. The summed E-state index contributed by atoms with van der Waals surface area (Å²) >= 11 is 2.73. The molecular formula is C27H23N5O2S2. The molecule has 0 saturated heterocycles. The molecule has 0 aliphatic rings. The number of hydrogen-bond acceptors (Lipinski definition) is 7. The van der Waals surface area contributed by atoms with Crippen molar-refractivity contribution in [2.75, 3.05) is 12.4 Å². The summed E-state index contributed by atoms with van der Waals surface area (Å²) in [7, 11) is 1.61. The van der Waals surface area contributed by atoms with Crippen LogP contribution in [0.1, 0.15) is 24.5 Å². The number of nitrogens with one attached hydrogen (secondary N) is 1. The molecule has 36 heavy (non-hydrogen) atoms. The van der Waals surface area contributed by atoms with Gasteiger partial charge in [-0.3, -0.25) is 9.20 Å². The molecule has 180 valence electrons. The molecule has 0 spiro atoms. The standard InChI is InChI=1S/C27H23N5O2S2/c1-4-23(36-27-31-30-24-13-16(2)19-7-5-6-8-22(19)32(24)27)25(33)29-26-20(14-28)21(15-35-26)17-9-11-18(34-3)12-10-17/h5-13,15,23H,4H2,1-3H3,(H,29,33). The number of carbonyl (C=O) groups is 1. The summed E-state index contributed by atoms with van der Waals surface area (Å²) in [5.74, 6) is 0.572. The number of aryl methyl sites for hydroxylation is 1. The van der Waals surface area contributed by atoms with Crippen LogP contribution in [-0.4, -0.2) is 32.9 Å². The number of para-hydroxylation sites is 1. The Morgan fingerprint density at radius 3 is 2.72 bits per heavy atom. The molecule has 0 bridgehead atoms. The van der Waals surface area contributed by atoms with Crippen molar-refractivity contribution >= 4 is 50.6 Å². The Bertz CT molecular complexity index is 1620. The van der Waals surface area contributed by atoms with Gasteiger partial charge in [0.15, 0.2) is 10.8 Å². The molecule has 5 aromatic rings. The largest absolute Gasteiger partial charge is 0.497 e. The van der Waals surface area contributed by atoms with E-state index < -0.39 is 5.25 Å². The number of nitriles is 1. The highest BCUT2D eigenvalue weighted by molar-refractivity contribution is 8.00. The summed E-state index contributed by atoms with van der Waals surface area (Å²) in [5.41, 5.74) is 5.01. The van der Waals surface area contributed by atoms with Crippen LogP contribution < -0.4 is 10.1 Å². The minimum absolute atomic E-state index is 0.171. The van der Waals surface area contributed by atoms with Gasteiger partial charge < -0.3 is 10.1 Å². The number of aromatic nitrogens is 3. The van der Waals surface area contributed by atoms with E-state index in [4.69, 9.17) is 4.74 Å². The molecule has 3 heterocycles. The average molecular weight is 514 g/mol. The van der Waals surface area contributed by atoms with Crippen LogP contribution in [0.4, 0.5) is 5.00 Å². The first-order chi connectivity index (χ1) is 17.5. The van der Waals surface area contributed by atoms with Gasteiger partial charge in [0, 0.05) is 16.3 Å². The summed E-state index contributed by atoms with van der Waals surface area (Å²) in [4.78, 5) is 13.3. The third-order valence-corrected chi connectivity index (χ3v) is 8.23. The lowest BCUT2D eigenvalue weighted by molar-refractivity contribution is -0.115. The number of ether oxygens (including phenoxy) is 1. The Hall–Kier alpha value is -3.87. The number of thiophene rings is 1. The van der Waals surface area contributed by atoms with Gasteiger partial charge in [0.2, 0.25) is 5.91 Å². The second kappa shape index (κ2) is 10.0. The normalized spacial score (nSPS) is 11.9. The Balaban J connectivity index is 1.41. The van der Waals surface area contributed by atoms with Crippen molar-refractivity contribution < 1.29 is 9.53 Å². The second-order valence-corrected chi connectivity index (χ2v) is 10.3. The van der Waals surface area contributed by atoms with Crippen molar-refractivity contribution in [2.24, 2.45) is 0 Å². The quantitative estimate of drug-likeness (QED) is 0.256. The number of benzene rings is 2. The molecule has 0 radical (unpaired) electrons. The van der Waals surface area contributed by atoms with E-state index in [0.29, 0.717) is 22.1 Å². The van der Waals surface area contributed by atoms with E-state index in [1.54, 1.807) is 7.11 Å². The van der Waals surface area contributed by atoms with E-state index in [0.717, 1.165) is 39.0 Å². The van der Waals surface area contributed by atoms with Crippen molar-refractivity contribution in [3.05, 3.63) is 71.1 Å². The molecule has 2 aromatic carbocycles. The van der Waals surface area contributed by atoms with E-state index in [9.17, 15) is 10.1 Å². The molecule has 9 heteroatoms. The van der Waals surface area contributed by atoms with Crippen molar-refractivity contribution in [3.8, 4) is 22.9 Å². The summed E-state index contributed by atoms with van der Waals surface area (Å²) in [5, 5.41) is 25.4. The number of rotatable bonds is 7. The first-order valence-corrected chi connectivity index (χ1v) is 13.2. The van der Waals surface area contributed by atoms with Gasteiger partial charge in [-0.05, 0) is 48.7 Å². The number of methoxy groups -OCH3 is 1. The molecule has 7 nitrogen and oxygen atoms in total. The van der Waals surface area contributed by atoms with Crippen molar-refractivity contribution in [1.29, 1.82) is 5.26 Å². The highest BCUT2D eigenvalue weighted by atomic mass is 32.2. The zero-order valence-corrected chi connectivity index (χ0v) is 21.6. The number of nitrogens with zero attached hydrogens (tertiary/aromatic N) is 4. The zero-order chi connectivity index (χ0) is 25.2. The molecule has 3 aromatic heterocycles. The van der Waals surface area contributed by atoms with Crippen LogP contribution in [0.15, 0.2) is 65.1 Å². The number of pyridine rings is 1. The molecule has 0 fully saturated rings. The van der Waals surface area contributed by atoms with E-state index >= 15 is 0 Å². The fourth-order valence-electron chi connectivity index (χ4n) is 4.14. The molecule has 0 aliphatic heterocycles. The van der Waals surface area contributed by atoms with Crippen molar-refractivity contribution in [2.45, 2.75) is 30.7 Å². The highest BCUT2D eigenvalue weighted by Gasteiger charge is 2.24. The van der Waals surface area contributed by atoms with Gasteiger partial charge in [0.25, 0.3) is 0 Å². The summed E-state index contributed by atoms with van der Waals surface area (Å²) in [6, 6.07) is 19.9. The minimum atomic E-state index is -0.407. The summed E-state index contributed by atoms with van der Waals surface area (Å²) in [6.07, 6.45) is 0.591. The van der Waals surface area contributed by atoms with Gasteiger partial charge in [0.1, 0.15) is 16.8 Å². The third-order valence-electron chi connectivity index (χ3n) is 6.03. The van der Waals surface area contributed by atoms with Gasteiger partial charge in [-0.25, -0.2) is 0 Å². The van der Waals surface area contributed by atoms with Crippen LogP contribution in [0, 0.1) is 18.3 Å². The van der Waals surface area contributed by atoms with Crippen LogP contribution >= 0.6 is 23.1 Å². The van der Waals surface area contributed by atoms with Gasteiger partial charge in [-0.15, -0.1) is 21.5 Å². The highest BCUT2D eigenvalue weighted by Crippen LogP contribution is 2.37. The number of amides is 1. The van der Waals surface area contributed by atoms with E-state index in [1.807, 2.05) is 65.2 Å². The number of hydrogen-bond donors (Lipinski definition) is 1. The van der Waals surface area contributed by atoms with Crippen LogP contribution in [0.2, 0.25) is 0 Å². The first kappa shape index (κ1) is 23.9. The molecule has 0 saturated carbocycles. The lowest BCUT2D eigenvalue weighted by Gasteiger charge is -2.14. The first-order valence-electron chi connectivity index (χ1n) is 11.4. The SMILES string of the molecule is CCC(Sc1nnc2cc(C)c3ccccc3n12)C(=O)Nc1scc(-c2ccc(OC)cc2)c1C#N. The maximum atomic E-state index is 13.3. The van der Waals surface area contributed by atoms with Gasteiger partial charge in [-0.2, -0.15) is 5.26 Å². The third kappa shape index (κ3) is 4.30. The maximum absolute atomic E-state index is 13.3. The molecular weight excluding hydrogens is 490 g/mol. The lowest BCUT2D eigenvalue weighted by Crippen LogP contribution is -2.24. The Morgan fingerprint density at radius 2 is 2.00 bits per heavy atom. The molecule has 1 amide bonds. The predicted octanol–water partition coefficient (Wildman–Crippen LogP) is 6.31. The second-order valence-electron chi connectivity index (χ2n) is 8.22. The van der Waals surface area contributed by atoms with Gasteiger partial charge in [-0.1, -0.05) is 49.0 Å². The molecule has 0 aliphatic carbocycles. The summed E-state index contributed by atoms with van der Waals surface area (Å²) < 4.78 is 7.22. The monoisotopic (exact) mass is 513 g/mol. The van der Waals surface area contributed by atoms with Crippen LogP contribution in [0.3, 0.4) is 0 Å². The number of thioether (sulfide) groups is 1. The fourth-order valence-corrected chi connectivity index (χ4v) is 6.03. The lowest BCUT2D eigenvalue weighted by atomic mass is 10.0. The Labute approximate surface area is 216 Å². The zero-order valence-electron chi connectivity index (χ0n) is 20.0. The van der Waals surface area contributed by atoms with Crippen LogP contribution in [-0.2, 0) is 4.79 Å². The van der Waals surface area contributed by atoms with Crippen molar-refractivity contribution in [1.82, 2.24) is 14.6 Å². The number of anilines is 1. The molecule has 1 atom stereocenters. The van der Waals surface area contributed by atoms with Gasteiger partial charge in [0.05, 0.1) is 23.4 Å². The van der Waals surface area contributed by atoms with Crippen LogP contribution in [0.25, 0.3) is 27.7 Å². The van der Waals surface area contributed by atoms with Crippen molar-refractivity contribution in [3.63, 3.8) is 0 Å². The smallest absolute Gasteiger partial charge is 0.238 e. The van der Waals surface area contributed by atoms with E-state index in [1.165, 1.54) is 23.1 Å². The predicted molar refractivity (Wildman–Crippen MR) is 145 cm³/mol. The topological polar surface area (TPSA) is 92.3 Å². The van der Waals surface area contributed by atoms with E-state index in [2.05, 4.69) is 34.6 Å². The Kier molecular flexibility index (Phi) is 6.63. The number of carbonyl (C=O) groups excluding carboxylic acids is 1. The molecule has 1 unspecified atom stereocenters. The fraction of sp³-hybridized carbons (Fsp3) is 0.185. The summed E-state index contributed by atoms with van der Waals surface area (Å²) in [6.45, 7) is 4.02. The van der Waals surface area contributed by atoms with Gasteiger partial charge >= 0.3 is 0 Å². The average Bonchev–Trinajstić information content (AvgIpc) is 3.50. The maximum Gasteiger partial charge on any atom is 0.238 e. The van der Waals surface area contributed by atoms with E-state index in [-0.39, 0.29) is 5.91 Å².